The van der Waals surface area contributed by atoms with E-state index in [1.54, 1.807) is 36.4 Å². The number of hydrogen-bond acceptors (Lipinski definition) is 1. The lowest BCUT2D eigenvalue weighted by Gasteiger charge is -2.07. The van der Waals surface area contributed by atoms with E-state index < -0.39 is 0 Å². The second kappa shape index (κ2) is 6.14. The van der Waals surface area contributed by atoms with Crippen LogP contribution in [0, 0.1) is 0 Å². The monoisotopic (exact) mass is 377 g/mol. The third-order valence-corrected chi connectivity index (χ3v) is 3.95. The third kappa shape index (κ3) is 3.86. The maximum Gasteiger partial charge on any atom is 0.255 e. The van der Waals surface area contributed by atoms with Crippen molar-refractivity contribution in [2.24, 2.45) is 0 Å². The lowest BCUT2D eigenvalue weighted by Crippen LogP contribution is -2.11. The van der Waals surface area contributed by atoms with Crippen LogP contribution in [0.3, 0.4) is 0 Å². The zero-order valence-electron chi connectivity index (χ0n) is 9.38. The van der Waals surface area contributed by atoms with E-state index >= 15 is 0 Å². The van der Waals surface area contributed by atoms with Crippen molar-refractivity contribution in [3.63, 3.8) is 0 Å². The maximum absolute atomic E-state index is 12.0. The fourth-order valence-electron chi connectivity index (χ4n) is 1.47. The molecule has 98 valence electrons. The third-order valence-electron chi connectivity index (χ3n) is 2.30. The van der Waals surface area contributed by atoms with E-state index in [1.807, 2.05) is 0 Å². The normalized spacial score (nSPS) is 10.3. The van der Waals surface area contributed by atoms with Crippen LogP contribution in [0.1, 0.15) is 10.4 Å². The molecule has 0 fully saturated rings. The number of anilines is 1. The molecule has 0 saturated carbocycles. The first kappa shape index (κ1) is 14.7. The van der Waals surface area contributed by atoms with Crippen molar-refractivity contribution in [3.05, 3.63) is 61.5 Å². The molecule has 0 bridgehead atoms. The summed E-state index contributed by atoms with van der Waals surface area (Å²) in [7, 11) is 0. The molecule has 2 aromatic carbocycles. The van der Waals surface area contributed by atoms with E-state index in [-0.39, 0.29) is 5.91 Å². The lowest BCUT2D eigenvalue weighted by molar-refractivity contribution is 0.102. The summed E-state index contributed by atoms with van der Waals surface area (Å²) in [6, 6.07) is 9.76. The molecule has 0 unspecified atom stereocenters. The van der Waals surface area contributed by atoms with Crippen LogP contribution in [-0.4, -0.2) is 5.91 Å². The van der Waals surface area contributed by atoms with Crippen LogP contribution in [0.5, 0.6) is 0 Å². The van der Waals surface area contributed by atoms with Gasteiger partial charge in [-0.05, 0) is 52.3 Å². The molecule has 0 atom stereocenters. The zero-order chi connectivity index (χ0) is 14.0. The highest BCUT2D eigenvalue weighted by atomic mass is 79.9. The molecule has 2 rings (SSSR count). The summed E-state index contributed by atoms with van der Waals surface area (Å²) < 4.78 is 0.658. The van der Waals surface area contributed by atoms with Crippen molar-refractivity contribution in [1.29, 1.82) is 0 Å². The van der Waals surface area contributed by atoms with Crippen molar-refractivity contribution in [2.45, 2.75) is 0 Å². The Hall–Kier alpha value is -0.740. The van der Waals surface area contributed by atoms with Gasteiger partial charge < -0.3 is 5.32 Å². The summed E-state index contributed by atoms with van der Waals surface area (Å²) in [5, 5.41) is 4.18. The van der Waals surface area contributed by atoms with Gasteiger partial charge in [-0.2, -0.15) is 0 Å². The van der Waals surface area contributed by atoms with Crippen LogP contribution in [-0.2, 0) is 0 Å². The molecular formula is C13H7BrCl3NO. The van der Waals surface area contributed by atoms with Gasteiger partial charge in [0.1, 0.15) is 0 Å². The summed E-state index contributed by atoms with van der Waals surface area (Å²) in [5.74, 6) is -0.268. The van der Waals surface area contributed by atoms with Gasteiger partial charge in [0.2, 0.25) is 0 Å². The number of rotatable bonds is 2. The van der Waals surface area contributed by atoms with E-state index in [0.29, 0.717) is 30.8 Å². The molecule has 1 amide bonds. The Kier molecular flexibility index (Phi) is 4.74. The van der Waals surface area contributed by atoms with Crippen LogP contribution >= 0.6 is 50.7 Å². The number of amides is 1. The largest absolute Gasteiger partial charge is 0.322 e. The molecule has 19 heavy (non-hydrogen) atoms. The molecule has 2 aromatic rings. The molecular weight excluding hydrogens is 372 g/mol. The average Bonchev–Trinajstić information content (AvgIpc) is 2.31. The highest BCUT2D eigenvalue weighted by Gasteiger charge is 2.09. The van der Waals surface area contributed by atoms with Crippen LogP contribution in [0.4, 0.5) is 5.69 Å². The SMILES string of the molecule is O=C(Nc1cc(Cl)cc(Cl)c1)c1ccc(Cl)c(Br)c1. The van der Waals surface area contributed by atoms with Gasteiger partial charge in [-0.15, -0.1) is 0 Å². The van der Waals surface area contributed by atoms with Gasteiger partial charge in [-0.1, -0.05) is 34.8 Å². The molecule has 0 aromatic heterocycles. The van der Waals surface area contributed by atoms with E-state index in [1.165, 1.54) is 0 Å². The van der Waals surface area contributed by atoms with Crippen LogP contribution in [0.15, 0.2) is 40.9 Å². The second-order valence-corrected chi connectivity index (χ2v) is 5.88. The van der Waals surface area contributed by atoms with Crippen molar-refractivity contribution in [2.75, 3.05) is 5.32 Å². The van der Waals surface area contributed by atoms with Crippen molar-refractivity contribution in [1.82, 2.24) is 0 Å². The van der Waals surface area contributed by atoms with E-state index in [0.717, 1.165) is 0 Å². The Morgan fingerprint density at radius 2 is 1.63 bits per heavy atom. The molecule has 0 aliphatic rings. The van der Waals surface area contributed by atoms with Crippen molar-refractivity contribution in [3.8, 4) is 0 Å². The van der Waals surface area contributed by atoms with Gasteiger partial charge in [-0.3, -0.25) is 4.79 Å². The fourth-order valence-corrected chi connectivity index (χ4v) is 2.49. The first-order valence-electron chi connectivity index (χ1n) is 5.18. The Balaban J connectivity index is 2.22. The summed E-state index contributed by atoms with van der Waals surface area (Å²) in [6.45, 7) is 0. The fraction of sp³-hybridized carbons (Fsp3) is 0. The minimum absolute atomic E-state index is 0.268. The Morgan fingerprint density at radius 3 is 2.21 bits per heavy atom. The van der Waals surface area contributed by atoms with Crippen LogP contribution in [0.2, 0.25) is 15.1 Å². The number of carbonyl (C=O) groups excluding carboxylic acids is 1. The van der Waals surface area contributed by atoms with Gasteiger partial charge in [0.25, 0.3) is 5.91 Å². The van der Waals surface area contributed by atoms with Crippen LogP contribution in [0.25, 0.3) is 0 Å². The highest BCUT2D eigenvalue weighted by Crippen LogP contribution is 2.25. The number of hydrogen-bond donors (Lipinski definition) is 1. The lowest BCUT2D eigenvalue weighted by atomic mass is 10.2. The molecule has 0 radical (unpaired) electrons. The Labute approximate surface area is 133 Å². The minimum Gasteiger partial charge on any atom is -0.322 e. The van der Waals surface area contributed by atoms with E-state index in [9.17, 15) is 4.79 Å². The standard InChI is InChI=1S/C13H7BrCl3NO/c14-11-3-7(1-2-12(11)17)13(19)18-10-5-8(15)4-9(16)6-10/h1-6H,(H,18,19). The van der Waals surface area contributed by atoms with E-state index in [4.69, 9.17) is 34.8 Å². The number of carbonyl (C=O) groups is 1. The molecule has 0 aliphatic carbocycles. The predicted molar refractivity (Wildman–Crippen MR) is 83.6 cm³/mol. The predicted octanol–water partition coefficient (Wildman–Crippen LogP) is 5.66. The smallest absolute Gasteiger partial charge is 0.255 e. The quantitative estimate of drug-likeness (QED) is 0.716. The molecule has 0 spiro atoms. The molecule has 6 heteroatoms. The summed E-state index contributed by atoms with van der Waals surface area (Å²) in [5.41, 5.74) is 1.01. The Morgan fingerprint density at radius 1 is 1.00 bits per heavy atom. The average molecular weight is 379 g/mol. The maximum atomic E-state index is 12.0. The van der Waals surface area contributed by atoms with Crippen LogP contribution < -0.4 is 5.32 Å². The summed E-state index contributed by atoms with van der Waals surface area (Å²) >= 11 is 20.9. The van der Waals surface area contributed by atoms with Gasteiger partial charge in [0.15, 0.2) is 0 Å². The van der Waals surface area contributed by atoms with Gasteiger partial charge in [-0.25, -0.2) is 0 Å². The zero-order valence-corrected chi connectivity index (χ0v) is 13.2. The topological polar surface area (TPSA) is 29.1 Å². The first-order valence-corrected chi connectivity index (χ1v) is 7.11. The number of benzene rings is 2. The summed E-state index contributed by atoms with van der Waals surface area (Å²) in [6.07, 6.45) is 0. The number of halogens is 4. The Bertz CT molecular complexity index is 626. The first-order chi connectivity index (χ1) is 8.95. The molecule has 1 N–H and O–H groups in total. The molecule has 2 nitrogen and oxygen atoms in total. The minimum atomic E-state index is -0.268. The number of nitrogens with one attached hydrogen (secondary N) is 1. The highest BCUT2D eigenvalue weighted by molar-refractivity contribution is 9.10. The van der Waals surface area contributed by atoms with Gasteiger partial charge >= 0.3 is 0 Å². The molecule has 0 saturated heterocycles. The van der Waals surface area contributed by atoms with E-state index in [2.05, 4.69) is 21.2 Å². The molecule has 0 heterocycles. The van der Waals surface area contributed by atoms with Gasteiger partial charge in [0.05, 0.1) is 5.02 Å². The van der Waals surface area contributed by atoms with Crippen molar-refractivity contribution < 1.29 is 4.79 Å². The molecule has 0 aliphatic heterocycles. The summed E-state index contributed by atoms with van der Waals surface area (Å²) in [4.78, 5) is 12.0. The van der Waals surface area contributed by atoms with Gasteiger partial charge in [0, 0.05) is 25.8 Å². The van der Waals surface area contributed by atoms with Crippen molar-refractivity contribution >= 4 is 62.3 Å². The second-order valence-electron chi connectivity index (χ2n) is 3.74.